The van der Waals surface area contributed by atoms with E-state index in [0.29, 0.717) is 22.5 Å². The van der Waals surface area contributed by atoms with Crippen molar-refractivity contribution < 1.29 is 19.1 Å². The molecule has 5 rings (SSSR count). The number of carbonyl (C=O) groups is 2. The largest absolute Gasteiger partial charge is 0.481 e. The Bertz CT molecular complexity index is 1640. The highest BCUT2D eigenvalue weighted by molar-refractivity contribution is 6.36. The number of hydrogen-bond acceptors (Lipinski definition) is 6. The minimum Gasteiger partial charge on any atom is -0.481 e. The van der Waals surface area contributed by atoms with Crippen molar-refractivity contribution in [2.75, 3.05) is 26.5 Å². The third-order valence-electron chi connectivity index (χ3n) is 7.63. The number of likely N-dealkylation sites (N-methyl/N-ethyl adjacent to an activating group) is 1. The minimum absolute atomic E-state index is 0.0271. The molecule has 1 aromatic heterocycles. The molecule has 9 heteroatoms. The number of aryl methyl sites for hydroxylation is 1. The smallest absolute Gasteiger partial charge is 0.266 e. The molecule has 40 heavy (non-hydrogen) atoms. The van der Waals surface area contributed by atoms with Gasteiger partial charge >= 0.3 is 0 Å². The Morgan fingerprint density at radius 1 is 1.15 bits per heavy atom. The number of aromatic nitrogens is 1. The monoisotopic (exact) mass is 556 g/mol. The molecule has 1 N–H and O–H groups in total. The molecule has 1 aliphatic heterocycles. The second kappa shape index (κ2) is 10.6. The molecular weight excluding hydrogens is 528 g/mol. The van der Waals surface area contributed by atoms with Crippen LogP contribution in [-0.2, 0) is 20.8 Å². The van der Waals surface area contributed by atoms with Crippen LogP contribution in [0.1, 0.15) is 36.0 Å². The molecule has 2 heterocycles. The number of rotatable bonds is 5. The molecular formula is C31H29ClN4O4. The normalized spacial score (nSPS) is 16.4. The first-order valence-electron chi connectivity index (χ1n) is 12.9. The number of amides is 2. The summed E-state index contributed by atoms with van der Waals surface area (Å²) >= 11 is 7.02. The number of fused-ring (bicyclic) bond motifs is 1. The lowest BCUT2D eigenvalue weighted by Crippen LogP contribution is -2.42. The number of nitrogens with zero attached hydrogens (tertiary/aromatic N) is 3. The van der Waals surface area contributed by atoms with Crippen LogP contribution in [0.25, 0.3) is 22.4 Å². The first kappa shape index (κ1) is 27.2. The van der Waals surface area contributed by atoms with E-state index in [0.717, 1.165) is 45.7 Å². The molecule has 1 unspecified atom stereocenters. The maximum atomic E-state index is 13.1. The zero-order valence-corrected chi connectivity index (χ0v) is 23.7. The summed E-state index contributed by atoms with van der Waals surface area (Å²) in [7, 11) is 4.64. The second-order valence-electron chi connectivity index (χ2n) is 10.1. The summed E-state index contributed by atoms with van der Waals surface area (Å²) in [5, 5.41) is 3.38. The number of benzene rings is 2. The summed E-state index contributed by atoms with van der Waals surface area (Å²) in [4.78, 5) is 44.4. The van der Waals surface area contributed by atoms with Crippen molar-refractivity contribution >= 4 is 35.0 Å². The van der Waals surface area contributed by atoms with Gasteiger partial charge in [-0.25, -0.2) is 9.78 Å². The Hall–Kier alpha value is -4.39. The Labute approximate surface area is 237 Å². The van der Waals surface area contributed by atoms with Crippen LogP contribution in [0.3, 0.4) is 0 Å². The molecule has 0 saturated carbocycles. The van der Waals surface area contributed by atoms with Gasteiger partial charge in [-0.2, -0.15) is 0 Å². The summed E-state index contributed by atoms with van der Waals surface area (Å²) < 4.78 is 5.65. The Kier molecular flexibility index (Phi) is 7.23. The third-order valence-corrected chi connectivity index (χ3v) is 8.04. The van der Waals surface area contributed by atoms with Crippen molar-refractivity contribution in [1.82, 2.24) is 14.8 Å². The van der Waals surface area contributed by atoms with Crippen molar-refractivity contribution in [3.63, 3.8) is 0 Å². The highest BCUT2D eigenvalue weighted by atomic mass is 35.5. The molecule has 0 fully saturated rings. The van der Waals surface area contributed by atoms with E-state index >= 15 is 0 Å². The molecule has 0 spiro atoms. The highest BCUT2D eigenvalue weighted by Gasteiger charge is 2.31. The molecule has 2 amide bonds. The van der Waals surface area contributed by atoms with Gasteiger partial charge in [0.15, 0.2) is 5.94 Å². The zero-order valence-electron chi connectivity index (χ0n) is 23.0. The van der Waals surface area contributed by atoms with Crippen LogP contribution in [0.15, 0.2) is 60.1 Å². The van der Waals surface area contributed by atoms with Gasteiger partial charge in [-0.3, -0.25) is 14.5 Å². The van der Waals surface area contributed by atoms with Crippen LogP contribution in [0.4, 0.5) is 5.69 Å². The van der Waals surface area contributed by atoms with E-state index in [9.17, 15) is 14.4 Å². The SMILES string of the molecule is COc1nc(-c2cccc(-c3cccc(NC(=O)C4=CN(C)C(=C=O)N(C)C4=O)c3C)c2Cl)cc2c1C(C)CC2. The van der Waals surface area contributed by atoms with Gasteiger partial charge in [-0.1, -0.05) is 48.9 Å². The highest BCUT2D eigenvalue weighted by Crippen LogP contribution is 2.43. The lowest BCUT2D eigenvalue weighted by Gasteiger charge is -2.29. The van der Waals surface area contributed by atoms with Crippen LogP contribution in [-0.4, -0.2) is 53.7 Å². The summed E-state index contributed by atoms with van der Waals surface area (Å²) in [5.74, 6) is 1.60. The van der Waals surface area contributed by atoms with Gasteiger partial charge in [-0.05, 0) is 54.5 Å². The summed E-state index contributed by atoms with van der Waals surface area (Å²) in [6.45, 7) is 4.07. The molecule has 1 atom stereocenters. The Morgan fingerprint density at radius 3 is 2.58 bits per heavy atom. The molecule has 1 aliphatic carbocycles. The summed E-state index contributed by atoms with van der Waals surface area (Å²) in [6, 6.07) is 13.4. The molecule has 2 aromatic carbocycles. The van der Waals surface area contributed by atoms with Gasteiger partial charge in [0.2, 0.25) is 11.7 Å². The number of ether oxygens (including phenoxy) is 1. The van der Waals surface area contributed by atoms with Gasteiger partial charge in [-0.15, -0.1) is 0 Å². The topological polar surface area (TPSA) is 91.8 Å². The second-order valence-corrected chi connectivity index (χ2v) is 10.5. The van der Waals surface area contributed by atoms with Crippen molar-refractivity contribution in [3.8, 4) is 28.3 Å². The van der Waals surface area contributed by atoms with Crippen LogP contribution >= 0.6 is 11.6 Å². The lowest BCUT2D eigenvalue weighted by atomic mass is 9.95. The zero-order chi connectivity index (χ0) is 28.7. The Balaban J connectivity index is 1.50. The maximum Gasteiger partial charge on any atom is 0.266 e. The molecule has 8 nitrogen and oxygen atoms in total. The van der Waals surface area contributed by atoms with Gasteiger partial charge in [0.05, 0.1) is 17.8 Å². The van der Waals surface area contributed by atoms with E-state index in [2.05, 4.69) is 18.3 Å². The van der Waals surface area contributed by atoms with E-state index in [-0.39, 0.29) is 11.4 Å². The third kappa shape index (κ3) is 4.55. The van der Waals surface area contributed by atoms with E-state index in [1.807, 2.05) is 37.3 Å². The van der Waals surface area contributed by atoms with Crippen LogP contribution in [0, 0.1) is 6.92 Å². The van der Waals surface area contributed by atoms with Crippen molar-refractivity contribution in [3.05, 3.63) is 81.8 Å². The quantitative estimate of drug-likeness (QED) is 0.337. The molecule has 3 aromatic rings. The summed E-state index contributed by atoms with van der Waals surface area (Å²) in [6.07, 6.45) is 3.36. The van der Waals surface area contributed by atoms with Crippen molar-refractivity contribution in [2.45, 2.75) is 32.6 Å². The fraction of sp³-hybridized carbons (Fsp3) is 0.258. The average Bonchev–Trinajstić information content (AvgIpc) is 3.32. The molecule has 204 valence electrons. The first-order chi connectivity index (χ1) is 19.2. The van der Waals surface area contributed by atoms with Gasteiger partial charge in [0.1, 0.15) is 5.57 Å². The van der Waals surface area contributed by atoms with Crippen LogP contribution < -0.4 is 10.1 Å². The first-order valence-corrected chi connectivity index (χ1v) is 13.3. The number of hydrogen-bond donors (Lipinski definition) is 1. The number of pyridine rings is 1. The predicted octanol–water partition coefficient (Wildman–Crippen LogP) is 5.33. The van der Waals surface area contributed by atoms with Crippen LogP contribution in [0.5, 0.6) is 5.88 Å². The van der Waals surface area contributed by atoms with Crippen LogP contribution in [0.2, 0.25) is 5.02 Å². The number of nitrogens with one attached hydrogen (secondary N) is 1. The lowest BCUT2D eigenvalue weighted by molar-refractivity contribution is -0.128. The standard InChI is InChI=1S/C31H29ClN4O4/c1-17-12-13-19-14-25(34-30(40-5)27(17)19)22-10-6-9-21(28(22)32)20-8-7-11-24(18(20)2)33-29(38)23-15-35(3)26(16-37)36(4)31(23)39/h6-11,14-15,17H,12-13H2,1-5H3,(H,33,38). The van der Waals surface area contributed by atoms with E-state index in [1.165, 1.54) is 29.3 Å². The average molecular weight is 557 g/mol. The number of halogens is 1. The molecule has 0 radical (unpaired) electrons. The Morgan fingerprint density at radius 2 is 1.85 bits per heavy atom. The van der Waals surface area contributed by atoms with Gasteiger partial charge < -0.3 is 15.0 Å². The number of methoxy groups -OCH3 is 1. The molecule has 0 bridgehead atoms. The fourth-order valence-electron chi connectivity index (χ4n) is 5.44. The fourth-order valence-corrected chi connectivity index (χ4v) is 5.76. The van der Waals surface area contributed by atoms with E-state index < -0.39 is 11.8 Å². The van der Waals surface area contributed by atoms with Crippen molar-refractivity contribution in [1.29, 1.82) is 0 Å². The van der Waals surface area contributed by atoms with Crippen molar-refractivity contribution in [2.24, 2.45) is 0 Å². The minimum atomic E-state index is -0.592. The summed E-state index contributed by atoms with van der Waals surface area (Å²) in [5.41, 5.74) is 6.77. The number of anilines is 1. The van der Waals surface area contributed by atoms with Gasteiger partial charge in [0.25, 0.3) is 11.8 Å². The maximum absolute atomic E-state index is 13.1. The number of carbonyl (C=O) groups excluding carboxylic acids is 3. The van der Waals surface area contributed by atoms with Gasteiger partial charge in [0, 0.05) is 42.7 Å². The molecule has 2 aliphatic rings. The predicted molar refractivity (Wildman–Crippen MR) is 155 cm³/mol. The van der Waals surface area contributed by atoms with E-state index in [1.54, 1.807) is 26.2 Å². The van der Waals surface area contributed by atoms with E-state index in [4.69, 9.17) is 21.3 Å². The molecule has 0 saturated heterocycles.